The summed E-state index contributed by atoms with van der Waals surface area (Å²) in [6, 6.07) is 9.61. The van der Waals surface area contributed by atoms with Crippen molar-refractivity contribution in [1.29, 1.82) is 0 Å². The summed E-state index contributed by atoms with van der Waals surface area (Å²) in [4.78, 5) is 77.9. The molecule has 38 heavy (non-hydrogen) atoms. The fourth-order valence-corrected chi connectivity index (χ4v) is 4.70. The lowest BCUT2D eigenvalue weighted by Crippen LogP contribution is -2.52. The van der Waals surface area contributed by atoms with Crippen LogP contribution >= 0.6 is 0 Å². The molecule has 11 heteroatoms. The van der Waals surface area contributed by atoms with Gasteiger partial charge in [-0.2, -0.15) is 0 Å². The summed E-state index contributed by atoms with van der Waals surface area (Å²) in [5.41, 5.74) is 2.62. The van der Waals surface area contributed by atoms with Crippen LogP contribution in [0.25, 0.3) is 34.0 Å². The number of likely N-dealkylation sites (N-methyl/N-ethyl adjacent to an activating group) is 4. The van der Waals surface area contributed by atoms with E-state index in [2.05, 4.69) is 0 Å². The molecule has 3 aromatic rings. The lowest BCUT2D eigenvalue weighted by atomic mass is 10.0. The van der Waals surface area contributed by atoms with Crippen LogP contribution in [0.15, 0.2) is 47.5 Å². The molecule has 8 amide bonds. The van der Waals surface area contributed by atoms with Crippen molar-refractivity contribution in [2.24, 2.45) is 7.05 Å². The number of rotatable bonds is 2. The number of aryl methyl sites for hydroxylation is 1. The normalized spacial score (nSPS) is 17.1. The van der Waals surface area contributed by atoms with Gasteiger partial charge in [0.05, 0.1) is 0 Å². The quantitative estimate of drug-likeness (QED) is 0.383. The van der Waals surface area contributed by atoms with Crippen molar-refractivity contribution in [3.63, 3.8) is 0 Å². The van der Waals surface area contributed by atoms with Crippen LogP contribution in [0.3, 0.4) is 0 Å². The Kier molecular flexibility index (Phi) is 5.52. The summed E-state index contributed by atoms with van der Waals surface area (Å²) in [5, 5.41) is 1.84. The summed E-state index contributed by atoms with van der Waals surface area (Å²) in [6.45, 7) is 0. The first-order valence-corrected chi connectivity index (χ1v) is 11.6. The fraction of sp³-hybridized carbons (Fsp3) is 0.185. The van der Waals surface area contributed by atoms with E-state index < -0.39 is 35.7 Å². The van der Waals surface area contributed by atoms with Crippen molar-refractivity contribution in [3.8, 4) is 0 Å². The number of hydrogen-bond acceptors (Lipinski definition) is 6. The van der Waals surface area contributed by atoms with Gasteiger partial charge in [-0.1, -0.05) is 24.3 Å². The van der Waals surface area contributed by atoms with E-state index in [4.69, 9.17) is 0 Å². The number of imide groups is 4. The van der Waals surface area contributed by atoms with Crippen molar-refractivity contribution < 1.29 is 28.8 Å². The second-order valence-electron chi connectivity index (χ2n) is 9.25. The average Bonchev–Trinajstić information content (AvgIpc) is 3.19. The zero-order valence-corrected chi connectivity index (χ0v) is 21.3. The molecule has 2 aromatic carbocycles. The Labute approximate surface area is 216 Å². The largest absolute Gasteiger partial charge is 0.344 e. The highest BCUT2D eigenvalue weighted by atomic mass is 16.2. The molecule has 2 saturated heterocycles. The monoisotopic (exact) mass is 513 g/mol. The van der Waals surface area contributed by atoms with Crippen LogP contribution in [0.2, 0.25) is 0 Å². The minimum Gasteiger partial charge on any atom is -0.344 e. The molecule has 3 heterocycles. The highest BCUT2D eigenvalue weighted by Crippen LogP contribution is 2.31. The van der Waals surface area contributed by atoms with E-state index in [1.165, 1.54) is 40.3 Å². The van der Waals surface area contributed by atoms with Crippen LogP contribution in [0.4, 0.5) is 9.59 Å². The Balaban J connectivity index is 1.58. The molecule has 1 aromatic heterocycles. The van der Waals surface area contributed by atoms with E-state index in [0.717, 1.165) is 41.4 Å². The third kappa shape index (κ3) is 3.51. The Bertz CT molecular complexity index is 1540. The molecule has 0 radical (unpaired) electrons. The van der Waals surface area contributed by atoms with Crippen molar-refractivity contribution in [3.05, 3.63) is 58.7 Å². The van der Waals surface area contributed by atoms with Gasteiger partial charge in [-0.25, -0.2) is 9.59 Å². The van der Waals surface area contributed by atoms with E-state index in [-0.39, 0.29) is 11.1 Å². The van der Waals surface area contributed by atoms with Crippen molar-refractivity contribution >= 4 is 69.6 Å². The molecule has 11 nitrogen and oxygen atoms in total. The van der Waals surface area contributed by atoms with Crippen molar-refractivity contribution in [1.82, 2.24) is 24.2 Å². The van der Waals surface area contributed by atoms with Crippen molar-refractivity contribution in [2.45, 2.75) is 0 Å². The number of urea groups is 2. The number of aromatic nitrogens is 1. The van der Waals surface area contributed by atoms with Gasteiger partial charge in [-0.3, -0.25) is 38.8 Å². The molecule has 2 aliphatic heterocycles. The highest BCUT2D eigenvalue weighted by Gasteiger charge is 2.38. The van der Waals surface area contributed by atoms with Gasteiger partial charge in [0.25, 0.3) is 23.6 Å². The van der Waals surface area contributed by atoms with Crippen LogP contribution < -0.4 is 0 Å². The van der Waals surface area contributed by atoms with Crippen LogP contribution in [0.5, 0.6) is 0 Å². The van der Waals surface area contributed by atoms with Gasteiger partial charge < -0.3 is 4.57 Å². The van der Waals surface area contributed by atoms with Crippen LogP contribution in [0.1, 0.15) is 11.1 Å². The number of benzene rings is 2. The number of fused-ring (bicyclic) bond motifs is 3. The second kappa shape index (κ2) is 8.51. The Hall–Kier alpha value is -5.06. The first-order valence-electron chi connectivity index (χ1n) is 11.6. The van der Waals surface area contributed by atoms with Gasteiger partial charge in [0.15, 0.2) is 0 Å². The Morgan fingerprint density at radius 3 is 1.13 bits per heavy atom. The Morgan fingerprint density at radius 2 is 0.816 bits per heavy atom. The average molecular weight is 514 g/mol. The Morgan fingerprint density at radius 1 is 0.500 bits per heavy atom. The second-order valence-corrected chi connectivity index (χ2v) is 9.25. The van der Waals surface area contributed by atoms with Gasteiger partial charge in [0, 0.05) is 57.0 Å². The van der Waals surface area contributed by atoms with Gasteiger partial charge in [-0.05, 0) is 35.4 Å². The summed E-state index contributed by atoms with van der Waals surface area (Å²) < 4.78 is 1.92. The summed E-state index contributed by atoms with van der Waals surface area (Å²) >= 11 is 0. The molecule has 5 rings (SSSR count). The molecule has 0 bridgehead atoms. The fourth-order valence-electron chi connectivity index (χ4n) is 4.70. The maximum Gasteiger partial charge on any atom is 0.333 e. The van der Waals surface area contributed by atoms with Crippen LogP contribution in [-0.4, -0.2) is 88.0 Å². The highest BCUT2D eigenvalue weighted by molar-refractivity contribution is 6.31. The van der Waals surface area contributed by atoms with E-state index in [1.54, 1.807) is 12.1 Å². The molecule has 0 unspecified atom stereocenters. The van der Waals surface area contributed by atoms with Crippen LogP contribution in [0, 0.1) is 0 Å². The molecular weight excluding hydrogens is 490 g/mol. The number of amides is 8. The smallest absolute Gasteiger partial charge is 0.333 e. The summed E-state index contributed by atoms with van der Waals surface area (Å²) in [6.07, 6.45) is 2.93. The molecule has 0 N–H and O–H groups in total. The maximum atomic E-state index is 12.6. The first kappa shape index (κ1) is 24.6. The molecule has 192 valence electrons. The van der Waals surface area contributed by atoms with E-state index in [9.17, 15) is 28.8 Å². The van der Waals surface area contributed by atoms with Gasteiger partial charge in [0.1, 0.15) is 11.1 Å². The zero-order chi connectivity index (χ0) is 27.6. The molecular formula is C27H23N5O6. The van der Waals surface area contributed by atoms with Gasteiger partial charge >= 0.3 is 12.1 Å². The van der Waals surface area contributed by atoms with Gasteiger partial charge in [-0.15, -0.1) is 0 Å². The third-order valence-corrected chi connectivity index (χ3v) is 6.97. The minimum atomic E-state index is -0.687. The van der Waals surface area contributed by atoms with Gasteiger partial charge in [0.2, 0.25) is 0 Å². The topological polar surface area (TPSA) is 120 Å². The molecule has 0 atom stereocenters. The van der Waals surface area contributed by atoms with E-state index >= 15 is 0 Å². The zero-order valence-electron chi connectivity index (χ0n) is 21.3. The van der Waals surface area contributed by atoms with Crippen LogP contribution in [-0.2, 0) is 26.2 Å². The molecule has 0 spiro atoms. The summed E-state index contributed by atoms with van der Waals surface area (Å²) in [7, 11) is 7.15. The lowest BCUT2D eigenvalue weighted by molar-refractivity contribution is -0.135. The molecule has 2 fully saturated rings. The number of barbiturate groups is 2. The first-order chi connectivity index (χ1) is 17.9. The minimum absolute atomic E-state index is 0.114. The number of carbonyl (C=O) groups is 6. The van der Waals surface area contributed by atoms with E-state index in [1.807, 2.05) is 35.9 Å². The number of carbonyl (C=O) groups excluding carboxylic acids is 6. The molecule has 0 aliphatic carbocycles. The number of hydrogen-bond donors (Lipinski definition) is 0. The summed E-state index contributed by atoms with van der Waals surface area (Å²) in [5.74, 6) is -2.68. The lowest BCUT2D eigenvalue weighted by Gasteiger charge is -2.28. The molecule has 2 aliphatic rings. The third-order valence-electron chi connectivity index (χ3n) is 6.97. The predicted octanol–water partition coefficient (Wildman–Crippen LogP) is 2.20. The standard InChI is InChI=1S/C27H23N5O6/c1-28-20-12-14(10-18-22(33)29(2)26(37)30(3)23(18)34)6-8-16(20)17-9-7-15(13-21(17)28)11-19-24(35)31(4)27(38)32(5)25(19)36/h6-13H,1-5H3. The number of nitrogens with zero attached hydrogens (tertiary/aromatic N) is 5. The van der Waals surface area contributed by atoms with Crippen molar-refractivity contribution in [2.75, 3.05) is 28.2 Å². The SMILES string of the molecule is CN1C(=O)C(=Cc2ccc3c4ccc(C=C5C(=O)N(C)C(=O)N(C)C5=O)cc4n(C)c3c2)C(=O)N(C)C1=O. The maximum absolute atomic E-state index is 12.6. The predicted molar refractivity (Wildman–Crippen MR) is 138 cm³/mol. The van der Waals surface area contributed by atoms with E-state index in [0.29, 0.717) is 11.1 Å². The molecule has 0 saturated carbocycles.